The largest absolute Gasteiger partial charge is 0.390 e. The third-order valence-electron chi connectivity index (χ3n) is 2.91. The van der Waals surface area contributed by atoms with Gasteiger partial charge in [-0.2, -0.15) is 0 Å². The van der Waals surface area contributed by atoms with Gasteiger partial charge in [-0.05, 0) is 47.0 Å². The smallest absolute Gasteiger partial charge is 0.0883 e. The Morgan fingerprint density at radius 2 is 1.88 bits per heavy atom. The topological polar surface area (TPSA) is 40.5 Å². The Kier molecular flexibility index (Phi) is 7.09. The molecular formula is C15H26O2. The molecule has 0 aliphatic heterocycles. The molecule has 2 nitrogen and oxygen atoms in total. The van der Waals surface area contributed by atoms with Crippen molar-refractivity contribution in [2.75, 3.05) is 0 Å². The molecule has 0 saturated carbocycles. The zero-order chi connectivity index (χ0) is 13.5. The number of aliphatic hydroxyl groups is 2. The molecule has 0 radical (unpaired) electrons. The van der Waals surface area contributed by atoms with Gasteiger partial charge >= 0.3 is 0 Å². The predicted octanol–water partition coefficient (Wildman–Crippen LogP) is 3.37. The minimum Gasteiger partial charge on any atom is -0.390 e. The van der Waals surface area contributed by atoms with E-state index in [0.29, 0.717) is 12.8 Å². The molecule has 2 unspecified atom stereocenters. The van der Waals surface area contributed by atoms with Crippen LogP contribution in [0.15, 0.2) is 36.0 Å². The lowest BCUT2D eigenvalue weighted by atomic mass is 9.90. The summed E-state index contributed by atoms with van der Waals surface area (Å²) in [4.78, 5) is 0. The summed E-state index contributed by atoms with van der Waals surface area (Å²) in [6, 6.07) is 0. The molecule has 2 N–H and O–H groups in total. The van der Waals surface area contributed by atoms with Crippen LogP contribution in [0, 0.1) is 0 Å². The number of hydrogen-bond acceptors (Lipinski definition) is 2. The SMILES string of the molecule is C=C/C(C)=C\CC(O)C(C)(O)CCC=C(C)C. The summed E-state index contributed by atoms with van der Waals surface area (Å²) in [6.45, 7) is 11.3. The number of rotatable bonds is 7. The Balaban J connectivity index is 4.29. The predicted molar refractivity (Wildman–Crippen MR) is 73.9 cm³/mol. The molecule has 0 heterocycles. The van der Waals surface area contributed by atoms with Gasteiger partial charge < -0.3 is 10.2 Å². The van der Waals surface area contributed by atoms with Gasteiger partial charge in [0.2, 0.25) is 0 Å². The number of aliphatic hydroxyl groups excluding tert-OH is 1. The van der Waals surface area contributed by atoms with E-state index in [1.807, 2.05) is 26.8 Å². The molecule has 0 aromatic heterocycles. The highest BCUT2D eigenvalue weighted by molar-refractivity contribution is 5.13. The van der Waals surface area contributed by atoms with Crippen molar-refractivity contribution in [1.82, 2.24) is 0 Å². The molecule has 0 bridgehead atoms. The molecular weight excluding hydrogens is 212 g/mol. The first-order chi connectivity index (χ1) is 7.79. The summed E-state index contributed by atoms with van der Waals surface area (Å²) in [6.07, 6.45) is 6.79. The Hall–Kier alpha value is -0.860. The molecule has 0 aliphatic rings. The molecule has 0 spiro atoms. The third-order valence-corrected chi connectivity index (χ3v) is 2.91. The number of allylic oxidation sites excluding steroid dienone is 4. The molecule has 0 fully saturated rings. The monoisotopic (exact) mass is 238 g/mol. The van der Waals surface area contributed by atoms with Gasteiger partial charge in [0.1, 0.15) is 0 Å². The maximum absolute atomic E-state index is 10.1. The van der Waals surface area contributed by atoms with Crippen molar-refractivity contribution in [3.05, 3.63) is 36.0 Å². The van der Waals surface area contributed by atoms with Gasteiger partial charge in [0.05, 0.1) is 11.7 Å². The van der Waals surface area contributed by atoms with E-state index in [2.05, 4.69) is 12.7 Å². The molecule has 0 aromatic carbocycles. The van der Waals surface area contributed by atoms with E-state index in [1.165, 1.54) is 5.57 Å². The van der Waals surface area contributed by atoms with Gasteiger partial charge in [0.25, 0.3) is 0 Å². The van der Waals surface area contributed by atoms with Crippen molar-refractivity contribution in [2.24, 2.45) is 0 Å². The van der Waals surface area contributed by atoms with E-state index >= 15 is 0 Å². The fourth-order valence-electron chi connectivity index (χ4n) is 1.45. The zero-order valence-corrected chi connectivity index (χ0v) is 11.5. The van der Waals surface area contributed by atoms with E-state index < -0.39 is 11.7 Å². The van der Waals surface area contributed by atoms with Gasteiger partial charge in [-0.15, -0.1) is 0 Å². The zero-order valence-electron chi connectivity index (χ0n) is 11.5. The molecule has 0 amide bonds. The first-order valence-electron chi connectivity index (χ1n) is 6.12. The van der Waals surface area contributed by atoms with Gasteiger partial charge in [0, 0.05) is 0 Å². The lowest BCUT2D eigenvalue weighted by molar-refractivity contribution is -0.0642. The van der Waals surface area contributed by atoms with Crippen LogP contribution in [-0.4, -0.2) is 21.9 Å². The van der Waals surface area contributed by atoms with E-state index in [1.54, 1.807) is 13.0 Å². The van der Waals surface area contributed by atoms with Crippen molar-refractivity contribution in [1.29, 1.82) is 0 Å². The molecule has 0 aromatic rings. The Morgan fingerprint density at radius 3 is 2.35 bits per heavy atom. The van der Waals surface area contributed by atoms with Crippen LogP contribution < -0.4 is 0 Å². The summed E-state index contributed by atoms with van der Waals surface area (Å²) in [5.74, 6) is 0. The minimum absolute atomic E-state index is 0.458. The standard InChI is InChI=1S/C15H26O2/c1-6-13(4)9-10-14(16)15(5,17)11-7-8-12(2)3/h6,8-9,14,16-17H,1,7,10-11H2,2-5H3/b13-9-. The van der Waals surface area contributed by atoms with Crippen LogP contribution >= 0.6 is 0 Å². The third kappa shape index (κ3) is 7.14. The lowest BCUT2D eigenvalue weighted by Gasteiger charge is -2.28. The van der Waals surface area contributed by atoms with Gasteiger partial charge in [-0.25, -0.2) is 0 Å². The summed E-state index contributed by atoms with van der Waals surface area (Å²) >= 11 is 0. The van der Waals surface area contributed by atoms with Gasteiger partial charge in [0.15, 0.2) is 0 Å². The highest BCUT2D eigenvalue weighted by Crippen LogP contribution is 2.21. The summed E-state index contributed by atoms with van der Waals surface area (Å²) in [5, 5.41) is 20.1. The lowest BCUT2D eigenvalue weighted by Crippen LogP contribution is -2.38. The summed E-state index contributed by atoms with van der Waals surface area (Å²) in [7, 11) is 0. The molecule has 0 saturated heterocycles. The van der Waals surface area contributed by atoms with Crippen LogP contribution in [0.1, 0.15) is 47.0 Å². The van der Waals surface area contributed by atoms with Crippen LogP contribution in [0.3, 0.4) is 0 Å². The highest BCUT2D eigenvalue weighted by atomic mass is 16.3. The van der Waals surface area contributed by atoms with Crippen molar-refractivity contribution < 1.29 is 10.2 Å². The Bertz CT molecular complexity index is 294. The van der Waals surface area contributed by atoms with Crippen LogP contribution in [0.5, 0.6) is 0 Å². The Morgan fingerprint density at radius 1 is 1.29 bits per heavy atom. The molecule has 0 rings (SSSR count). The summed E-state index contributed by atoms with van der Waals surface area (Å²) in [5.41, 5.74) is 1.21. The average Bonchev–Trinajstić information content (AvgIpc) is 2.24. The molecule has 2 heteroatoms. The molecule has 17 heavy (non-hydrogen) atoms. The fraction of sp³-hybridized carbons (Fsp3) is 0.600. The minimum atomic E-state index is -1.04. The second kappa shape index (κ2) is 7.46. The molecule has 0 aliphatic carbocycles. The van der Waals surface area contributed by atoms with Crippen molar-refractivity contribution in [3.8, 4) is 0 Å². The fourth-order valence-corrected chi connectivity index (χ4v) is 1.45. The van der Waals surface area contributed by atoms with E-state index in [4.69, 9.17) is 0 Å². The highest BCUT2D eigenvalue weighted by Gasteiger charge is 2.28. The van der Waals surface area contributed by atoms with Crippen LogP contribution in [-0.2, 0) is 0 Å². The van der Waals surface area contributed by atoms with E-state index in [-0.39, 0.29) is 0 Å². The van der Waals surface area contributed by atoms with E-state index in [9.17, 15) is 10.2 Å². The number of hydrogen-bond donors (Lipinski definition) is 2. The van der Waals surface area contributed by atoms with Crippen LogP contribution in [0.25, 0.3) is 0 Å². The second-order valence-electron chi connectivity index (χ2n) is 5.08. The average molecular weight is 238 g/mol. The molecule has 2 atom stereocenters. The maximum atomic E-state index is 10.1. The van der Waals surface area contributed by atoms with Gasteiger partial charge in [-0.3, -0.25) is 0 Å². The van der Waals surface area contributed by atoms with Crippen LogP contribution in [0.4, 0.5) is 0 Å². The first-order valence-corrected chi connectivity index (χ1v) is 6.12. The van der Waals surface area contributed by atoms with Crippen LogP contribution in [0.2, 0.25) is 0 Å². The quantitative estimate of drug-likeness (QED) is 0.527. The first kappa shape index (κ1) is 16.1. The normalized spacial score (nSPS) is 17.2. The van der Waals surface area contributed by atoms with Crippen molar-refractivity contribution in [2.45, 2.75) is 58.7 Å². The second-order valence-corrected chi connectivity index (χ2v) is 5.08. The van der Waals surface area contributed by atoms with Crippen molar-refractivity contribution >= 4 is 0 Å². The van der Waals surface area contributed by atoms with E-state index in [0.717, 1.165) is 12.0 Å². The molecule has 98 valence electrons. The Labute approximate surface area is 105 Å². The van der Waals surface area contributed by atoms with Crippen molar-refractivity contribution in [3.63, 3.8) is 0 Å². The maximum Gasteiger partial charge on any atom is 0.0883 e. The van der Waals surface area contributed by atoms with Gasteiger partial charge in [-0.1, -0.05) is 36.0 Å². The summed E-state index contributed by atoms with van der Waals surface area (Å²) < 4.78 is 0.